The summed E-state index contributed by atoms with van der Waals surface area (Å²) in [5.41, 5.74) is 0. The monoisotopic (exact) mass is 212 g/mol. The molecular weight excluding hydrogens is 196 g/mol. The van der Waals surface area contributed by atoms with Crippen molar-refractivity contribution in [2.24, 2.45) is 5.92 Å². The molecule has 0 spiro atoms. The Bertz CT molecular complexity index is 266. The van der Waals surface area contributed by atoms with Crippen molar-refractivity contribution in [2.45, 2.75) is 31.5 Å². The van der Waals surface area contributed by atoms with E-state index >= 15 is 0 Å². The summed E-state index contributed by atoms with van der Waals surface area (Å²) in [5, 5.41) is 8.89. The van der Waals surface area contributed by atoms with Crippen molar-refractivity contribution < 1.29 is 19.4 Å². The van der Waals surface area contributed by atoms with Crippen LogP contribution in [0.3, 0.4) is 0 Å². The highest BCUT2D eigenvalue weighted by Crippen LogP contribution is 2.38. The SMILES string of the molecule is O=C(O)CC1(C2CC=CCC2)OCCO1. The van der Waals surface area contributed by atoms with E-state index in [1.54, 1.807) is 0 Å². The van der Waals surface area contributed by atoms with Crippen LogP contribution < -0.4 is 0 Å². The molecule has 1 unspecified atom stereocenters. The number of hydrogen-bond acceptors (Lipinski definition) is 3. The van der Waals surface area contributed by atoms with Crippen LogP contribution in [-0.2, 0) is 14.3 Å². The second kappa shape index (κ2) is 4.33. The highest BCUT2D eigenvalue weighted by atomic mass is 16.7. The topological polar surface area (TPSA) is 55.8 Å². The quantitative estimate of drug-likeness (QED) is 0.721. The first-order valence-electron chi connectivity index (χ1n) is 5.38. The van der Waals surface area contributed by atoms with Gasteiger partial charge in [-0.2, -0.15) is 0 Å². The molecule has 0 bridgehead atoms. The van der Waals surface area contributed by atoms with E-state index < -0.39 is 11.8 Å². The van der Waals surface area contributed by atoms with Crippen molar-refractivity contribution in [2.75, 3.05) is 13.2 Å². The van der Waals surface area contributed by atoms with Crippen LogP contribution in [0.5, 0.6) is 0 Å². The van der Waals surface area contributed by atoms with Gasteiger partial charge >= 0.3 is 5.97 Å². The Morgan fingerprint density at radius 3 is 2.67 bits per heavy atom. The molecule has 1 aliphatic heterocycles. The molecular formula is C11H16O4. The second-order valence-corrected chi connectivity index (χ2v) is 4.06. The lowest BCUT2D eigenvalue weighted by Gasteiger charge is -2.35. The fourth-order valence-corrected chi connectivity index (χ4v) is 2.36. The van der Waals surface area contributed by atoms with Gasteiger partial charge in [0.2, 0.25) is 0 Å². The number of carbonyl (C=O) groups is 1. The number of aliphatic carboxylic acids is 1. The lowest BCUT2D eigenvalue weighted by molar-refractivity contribution is -0.207. The molecule has 15 heavy (non-hydrogen) atoms. The van der Waals surface area contributed by atoms with E-state index in [9.17, 15) is 4.79 Å². The summed E-state index contributed by atoms with van der Waals surface area (Å²) in [6.45, 7) is 1.01. The third-order valence-corrected chi connectivity index (χ3v) is 3.06. The molecule has 2 aliphatic rings. The van der Waals surface area contributed by atoms with Crippen LogP contribution in [0.25, 0.3) is 0 Å². The van der Waals surface area contributed by atoms with Crippen molar-refractivity contribution in [3.8, 4) is 0 Å². The summed E-state index contributed by atoms with van der Waals surface area (Å²) in [6, 6.07) is 0. The molecule has 0 amide bonds. The molecule has 2 rings (SSSR count). The molecule has 1 N–H and O–H groups in total. The Balaban J connectivity index is 2.10. The van der Waals surface area contributed by atoms with Crippen LogP contribution in [-0.4, -0.2) is 30.1 Å². The van der Waals surface area contributed by atoms with E-state index in [0.717, 1.165) is 19.3 Å². The zero-order valence-electron chi connectivity index (χ0n) is 8.65. The summed E-state index contributed by atoms with van der Waals surface area (Å²) in [7, 11) is 0. The summed E-state index contributed by atoms with van der Waals surface area (Å²) in [5.74, 6) is -1.54. The van der Waals surface area contributed by atoms with Gasteiger partial charge in [-0.05, 0) is 19.3 Å². The van der Waals surface area contributed by atoms with Gasteiger partial charge in [0.1, 0.15) is 0 Å². The predicted octanol–water partition coefficient (Wildman–Crippen LogP) is 1.56. The summed E-state index contributed by atoms with van der Waals surface area (Å²) in [6.07, 6.45) is 6.95. The fourth-order valence-electron chi connectivity index (χ4n) is 2.36. The van der Waals surface area contributed by atoms with Gasteiger partial charge in [-0.15, -0.1) is 0 Å². The van der Waals surface area contributed by atoms with Gasteiger partial charge in [0.15, 0.2) is 5.79 Å². The Morgan fingerprint density at radius 2 is 2.13 bits per heavy atom. The molecule has 0 aromatic rings. The van der Waals surface area contributed by atoms with E-state index in [-0.39, 0.29) is 12.3 Å². The van der Waals surface area contributed by atoms with Crippen molar-refractivity contribution in [1.82, 2.24) is 0 Å². The van der Waals surface area contributed by atoms with Crippen LogP contribution in [0.4, 0.5) is 0 Å². The zero-order valence-corrected chi connectivity index (χ0v) is 8.65. The van der Waals surface area contributed by atoms with E-state index in [0.29, 0.717) is 13.2 Å². The van der Waals surface area contributed by atoms with Crippen LogP contribution >= 0.6 is 0 Å². The maximum Gasteiger partial charge on any atom is 0.308 e. The molecule has 0 saturated carbocycles. The summed E-state index contributed by atoms with van der Waals surface area (Å²) < 4.78 is 11.1. The van der Waals surface area contributed by atoms with Gasteiger partial charge in [-0.25, -0.2) is 0 Å². The molecule has 1 atom stereocenters. The Hall–Kier alpha value is -0.870. The molecule has 0 aromatic heterocycles. The molecule has 0 radical (unpaired) electrons. The largest absolute Gasteiger partial charge is 0.481 e. The third-order valence-electron chi connectivity index (χ3n) is 3.06. The average Bonchev–Trinajstić information content (AvgIpc) is 2.68. The van der Waals surface area contributed by atoms with Crippen LogP contribution in [0.2, 0.25) is 0 Å². The molecule has 84 valence electrons. The first kappa shape index (κ1) is 10.6. The number of carboxylic acids is 1. The van der Waals surface area contributed by atoms with Crippen LogP contribution in [0.1, 0.15) is 25.7 Å². The van der Waals surface area contributed by atoms with Gasteiger partial charge in [0, 0.05) is 5.92 Å². The normalized spacial score (nSPS) is 29.2. The molecule has 0 aromatic carbocycles. The van der Waals surface area contributed by atoms with Crippen molar-refractivity contribution in [3.63, 3.8) is 0 Å². The Kier molecular flexibility index (Phi) is 3.07. The van der Waals surface area contributed by atoms with Crippen molar-refractivity contribution in [1.29, 1.82) is 0 Å². The maximum absolute atomic E-state index is 10.8. The molecule has 1 heterocycles. The van der Waals surface area contributed by atoms with E-state index in [1.165, 1.54) is 0 Å². The zero-order chi connectivity index (χ0) is 10.7. The highest BCUT2D eigenvalue weighted by molar-refractivity contribution is 5.68. The molecule has 4 nitrogen and oxygen atoms in total. The Morgan fingerprint density at radius 1 is 1.40 bits per heavy atom. The maximum atomic E-state index is 10.8. The highest BCUT2D eigenvalue weighted by Gasteiger charge is 2.45. The Labute approximate surface area is 88.9 Å². The molecule has 1 fully saturated rings. The summed E-state index contributed by atoms with van der Waals surface area (Å²) in [4.78, 5) is 10.8. The lowest BCUT2D eigenvalue weighted by Crippen LogP contribution is -2.41. The fraction of sp³-hybridized carbons (Fsp3) is 0.727. The lowest BCUT2D eigenvalue weighted by atomic mass is 9.85. The van der Waals surface area contributed by atoms with Gasteiger partial charge in [0.05, 0.1) is 19.6 Å². The van der Waals surface area contributed by atoms with Crippen molar-refractivity contribution >= 4 is 5.97 Å². The minimum Gasteiger partial charge on any atom is -0.481 e. The van der Waals surface area contributed by atoms with Gasteiger partial charge < -0.3 is 14.6 Å². The van der Waals surface area contributed by atoms with Crippen LogP contribution in [0, 0.1) is 5.92 Å². The second-order valence-electron chi connectivity index (χ2n) is 4.06. The van der Waals surface area contributed by atoms with E-state index in [4.69, 9.17) is 14.6 Å². The standard InChI is InChI=1S/C11H16O4/c12-10(13)8-11(14-6-7-15-11)9-4-2-1-3-5-9/h1-2,9H,3-8H2,(H,12,13). The van der Waals surface area contributed by atoms with Gasteiger partial charge in [-0.1, -0.05) is 12.2 Å². The smallest absolute Gasteiger partial charge is 0.308 e. The minimum atomic E-state index is -0.864. The number of rotatable bonds is 3. The average molecular weight is 212 g/mol. The van der Waals surface area contributed by atoms with Crippen LogP contribution in [0.15, 0.2) is 12.2 Å². The van der Waals surface area contributed by atoms with Gasteiger partial charge in [0.25, 0.3) is 0 Å². The minimum absolute atomic E-state index is 0.0501. The van der Waals surface area contributed by atoms with E-state index in [1.807, 2.05) is 0 Å². The number of ether oxygens (including phenoxy) is 2. The number of hydrogen-bond donors (Lipinski definition) is 1. The van der Waals surface area contributed by atoms with Gasteiger partial charge in [-0.3, -0.25) is 4.79 Å². The third kappa shape index (κ3) is 2.21. The number of allylic oxidation sites excluding steroid dienone is 2. The first-order valence-corrected chi connectivity index (χ1v) is 5.38. The summed E-state index contributed by atoms with van der Waals surface area (Å²) >= 11 is 0. The molecule has 4 heteroatoms. The number of carboxylic acid groups (broad SMARTS) is 1. The van der Waals surface area contributed by atoms with Crippen molar-refractivity contribution in [3.05, 3.63) is 12.2 Å². The van der Waals surface area contributed by atoms with E-state index in [2.05, 4.69) is 12.2 Å². The first-order chi connectivity index (χ1) is 7.23. The molecule has 1 aliphatic carbocycles. The predicted molar refractivity (Wildman–Crippen MR) is 53.4 cm³/mol. The molecule has 1 saturated heterocycles.